The number of hydrogen-bond acceptors (Lipinski definition) is 5. The normalized spacial score (nSPS) is 21.6. The maximum atomic E-state index is 13.3. The Morgan fingerprint density at radius 3 is 2.56 bits per heavy atom. The third kappa shape index (κ3) is 7.35. The van der Waals surface area contributed by atoms with E-state index in [1.165, 1.54) is 0 Å². The van der Waals surface area contributed by atoms with Crippen molar-refractivity contribution in [3.63, 3.8) is 0 Å². The van der Waals surface area contributed by atoms with Gasteiger partial charge in [-0.05, 0) is 31.9 Å². The Morgan fingerprint density at radius 1 is 1.18 bits per heavy atom. The molecule has 34 heavy (non-hydrogen) atoms. The first-order valence-electron chi connectivity index (χ1n) is 12.1. The van der Waals surface area contributed by atoms with Gasteiger partial charge in [0.15, 0.2) is 0 Å². The predicted molar refractivity (Wildman–Crippen MR) is 132 cm³/mol. The Labute approximate surface area is 203 Å². The molecule has 9 heteroatoms. The van der Waals surface area contributed by atoms with E-state index in [0.29, 0.717) is 43.1 Å². The fraction of sp³-hybridized carbons (Fsp3) is 0.640. The molecule has 4 amide bonds. The number of anilines is 1. The van der Waals surface area contributed by atoms with E-state index in [4.69, 9.17) is 9.47 Å². The highest BCUT2D eigenvalue weighted by Crippen LogP contribution is 2.27. The Hall–Kier alpha value is -2.81. The van der Waals surface area contributed by atoms with E-state index in [1.807, 2.05) is 27.7 Å². The zero-order valence-electron chi connectivity index (χ0n) is 21.3. The zero-order chi connectivity index (χ0) is 25.3. The number of ether oxygens (including phenoxy) is 2. The number of nitrogens with one attached hydrogen (secondary N) is 2. The number of likely N-dealkylation sites (N-methyl/N-ethyl adjacent to an activating group) is 1. The molecule has 0 aliphatic carbocycles. The van der Waals surface area contributed by atoms with E-state index in [0.717, 1.165) is 12.8 Å². The molecular formula is C25H40N4O5. The largest absolute Gasteiger partial charge is 0.491 e. The first-order valence-corrected chi connectivity index (χ1v) is 12.1. The molecule has 9 nitrogen and oxygen atoms in total. The fourth-order valence-electron chi connectivity index (χ4n) is 3.92. The summed E-state index contributed by atoms with van der Waals surface area (Å²) in [5, 5.41) is 5.80. The van der Waals surface area contributed by atoms with Crippen molar-refractivity contribution in [2.24, 2.45) is 5.92 Å². The predicted octanol–water partition coefficient (Wildman–Crippen LogP) is 3.35. The molecule has 0 fully saturated rings. The highest BCUT2D eigenvalue weighted by Gasteiger charge is 2.30. The Bertz CT molecular complexity index is 847. The Morgan fingerprint density at radius 2 is 1.91 bits per heavy atom. The number of fused-ring (bicyclic) bond motifs is 1. The minimum atomic E-state index is -0.254. The first kappa shape index (κ1) is 27.4. The molecule has 0 bridgehead atoms. The van der Waals surface area contributed by atoms with Gasteiger partial charge in [-0.1, -0.05) is 20.8 Å². The van der Waals surface area contributed by atoms with Crippen molar-refractivity contribution in [3.05, 3.63) is 23.8 Å². The maximum Gasteiger partial charge on any atom is 0.317 e. The summed E-state index contributed by atoms with van der Waals surface area (Å²) < 4.78 is 11.8. The van der Waals surface area contributed by atoms with Crippen LogP contribution in [0.15, 0.2) is 18.2 Å². The lowest BCUT2D eigenvalue weighted by Gasteiger charge is -2.36. The number of carbonyl (C=O) groups excluding carboxylic acids is 3. The van der Waals surface area contributed by atoms with E-state index in [1.54, 1.807) is 42.2 Å². The van der Waals surface area contributed by atoms with E-state index in [9.17, 15) is 14.4 Å². The number of urea groups is 1. The lowest BCUT2D eigenvalue weighted by molar-refractivity contribution is -0.116. The van der Waals surface area contributed by atoms with Gasteiger partial charge in [0.2, 0.25) is 5.91 Å². The number of amides is 4. The number of hydrogen-bond donors (Lipinski definition) is 2. The monoisotopic (exact) mass is 476 g/mol. The molecule has 0 saturated carbocycles. The van der Waals surface area contributed by atoms with Crippen LogP contribution in [0.25, 0.3) is 0 Å². The van der Waals surface area contributed by atoms with Crippen LogP contribution in [0.2, 0.25) is 0 Å². The molecular weight excluding hydrogens is 436 g/mol. The van der Waals surface area contributed by atoms with Crippen LogP contribution >= 0.6 is 0 Å². The number of benzene rings is 1. The standard InChI is InChI=1S/C25H40N4O5/c1-7-9-23(30)27-19-10-11-20-21(13-19)34-16-18(4)29(25(32)26-12-8-2)14-17(3)22(33-6)15-28(5)24(20)31/h10-11,13,17-18,22H,7-9,12,14-16H2,1-6H3,(H,26,32)(H,27,30)/t17-,18-,22-/m0/s1. The summed E-state index contributed by atoms with van der Waals surface area (Å²) in [5.74, 6) is 0.0733. The molecule has 1 heterocycles. The summed E-state index contributed by atoms with van der Waals surface area (Å²) in [6.45, 7) is 9.50. The SMILES string of the molecule is CCCNC(=O)N1C[C@H](C)[C@@H](OC)CN(C)C(=O)c2ccc(NC(=O)CCC)cc2OC[C@@H]1C. The van der Waals surface area contributed by atoms with E-state index >= 15 is 0 Å². The molecule has 1 aliphatic heterocycles. The van der Waals surface area contributed by atoms with Gasteiger partial charge in [0.05, 0.1) is 17.7 Å². The first-order chi connectivity index (χ1) is 16.2. The van der Waals surface area contributed by atoms with Crippen molar-refractivity contribution in [1.82, 2.24) is 15.1 Å². The van der Waals surface area contributed by atoms with Crippen molar-refractivity contribution in [2.75, 3.05) is 45.7 Å². The van der Waals surface area contributed by atoms with E-state index in [-0.39, 0.29) is 42.5 Å². The second kappa shape index (κ2) is 13.2. The van der Waals surface area contributed by atoms with Crippen LogP contribution in [0.5, 0.6) is 5.75 Å². The molecule has 2 rings (SSSR count). The zero-order valence-corrected chi connectivity index (χ0v) is 21.3. The van der Waals surface area contributed by atoms with Gasteiger partial charge in [0, 0.05) is 57.9 Å². The summed E-state index contributed by atoms with van der Waals surface area (Å²) >= 11 is 0. The second-order valence-electron chi connectivity index (χ2n) is 8.99. The molecule has 0 radical (unpaired) electrons. The topological polar surface area (TPSA) is 100 Å². The molecule has 3 atom stereocenters. The molecule has 1 aromatic rings. The van der Waals surface area contributed by atoms with Gasteiger partial charge < -0.3 is 29.9 Å². The van der Waals surface area contributed by atoms with Gasteiger partial charge in [-0.2, -0.15) is 0 Å². The van der Waals surface area contributed by atoms with Crippen molar-refractivity contribution < 1.29 is 23.9 Å². The molecule has 1 aliphatic rings. The van der Waals surface area contributed by atoms with Crippen LogP contribution in [-0.4, -0.2) is 80.2 Å². The molecule has 0 saturated heterocycles. The average Bonchev–Trinajstić information content (AvgIpc) is 2.81. The van der Waals surface area contributed by atoms with Crippen LogP contribution in [0, 0.1) is 5.92 Å². The lowest BCUT2D eigenvalue weighted by Crippen LogP contribution is -2.51. The molecule has 190 valence electrons. The molecule has 0 unspecified atom stereocenters. The van der Waals surface area contributed by atoms with Gasteiger partial charge in [0.1, 0.15) is 12.4 Å². The summed E-state index contributed by atoms with van der Waals surface area (Å²) in [7, 11) is 3.35. The summed E-state index contributed by atoms with van der Waals surface area (Å²) in [4.78, 5) is 41.6. The fourth-order valence-corrected chi connectivity index (χ4v) is 3.92. The van der Waals surface area contributed by atoms with Gasteiger partial charge in [-0.25, -0.2) is 4.79 Å². The van der Waals surface area contributed by atoms with E-state index in [2.05, 4.69) is 10.6 Å². The van der Waals surface area contributed by atoms with Gasteiger partial charge in [-0.15, -0.1) is 0 Å². The second-order valence-corrected chi connectivity index (χ2v) is 8.99. The summed E-state index contributed by atoms with van der Waals surface area (Å²) in [5.41, 5.74) is 0.960. The molecule has 0 spiro atoms. The highest BCUT2D eigenvalue weighted by atomic mass is 16.5. The number of rotatable bonds is 6. The van der Waals surface area contributed by atoms with Gasteiger partial charge in [-0.3, -0.25) is 9.59 Å². The Balaban J connectivity index is 2.40. The van der Waals surface area contributed by atoms with Gasteiger partial charge in [0.25, 0.3) is 5.91 Å². The van der Waals surface area contributed by atoms with Crippen molar-refractivity contribution >= 4 is 23.5 Å². The van der Waals surface area contributed by atoms with Crippen LogP contribution in [-0.2, 0) is 9.53 Å². The quantitative estimate of drug-likeness (QED) is 0.656. The Kier molecular flexibility index (Phi) is 10.6. The molecule has 1 aromatic carbocycles. The number of methoxy groups -OCH3 is 1. The molecule has 0 aromatic heterocycles. The van der Waals surface area contributed by atoms with Crippen LogP contribution in [0.3, 0.4) is 0 Å². The minimum Gasteiger partial charge on any atom is -0.491 e. The third-order valence-electron chi connectivity index (χ3n) is 5.99. The average molecular weight is 477 g/mol. The van der Waals surface area contributed by atoms with Crippen molar-refractivity contribution in [2.45, 2.75) is 59.1 Å². The van der Waals surface area contributed by atoms with Crippen LogP contribution in [0.1, 0.15) is 57.3 Å². The lowest BCUT2D eigenvalue weighted by atomic mass is 10.0. The van der Waals surface area contributed by atoms with Crippen molar-refractivity contribution in [3.8, 4) is 5.75 Å². The maximum absolute atomic E-state index is 13.3. The minimum absolute atomic E-state index is 0.00914. The van der Waals surface area contributed by atoms with Crippen molar-refractivity contribution in [1.29, 1.82) is 0 Å². The van der Waals surface area contributed by atoms with Crippen LogP contribution < -0.4 is 15.4 Å². The summed E-state index contributed by atoms with van der Waals surface area (Å²) in [6.07, 6.45) is 1.74. The van der Waals surface area contributed by atoms with Crippen LogP contribution in [0.4, 0.5) is 10.5 Å². The van der Waals surface area contributed by atoms with Gasteiger partial charge >= 0.3 is 6.03 Å². The van der Waals surface area contributed by atoms with E-state index < -0.39 is 0 Å². The highest BCUT2D eigenvalue weighted by molar-refractivity contribution is 5.98. The number of nitrogens with zero attached hydrogens (tertiary/aromatic N) is 2. The number of carbonyl (C=O) groups is 3. The summed E-state index contributed by atoms with van der Waals surface area (Å²) in [6, 6.07) is 4.64. The molecule has 2 N–H and O–H groups in total. The third-order valence-corrected chi connectivity index (χ3v) is 5.99. The smallest absolute Gasteiger partial charge is 0.317 e.